The molecule has 2 aromatic rings. The smallest absolute Gasteiger partial charge is 0.151 e. The van der Waals surface area contributed by atoms with Gasteiger partial charge in [0, 0.05) is 18.6 Å². The molecule has 0 saturated heterocycles. The summed E-state index contributed by atoms with van der Waals surface area (Å²) in [6.07, 6.45) is 1.69. The van der Waals surface area contributed by atoms with Gasteiger partial charge in [-0.25, -0.2) is 4.39 Å². The standard InChI is InChI=1S/C8H7FN2/c1-11-5-6-3-2-4-7(9)8(6)10-11/h2-5H,1H3/i2D. The molecule has 0 aliphatic heterocycles. The van der Waals surface area contributed by atoms with Gasteiger partial charge in [-0.05, 0) is 6.07 Å². The molecule has 0 atom stereocenters. The highest BCUT2D eigenvalue weighted by molar-refractivity contribution is 5.78. The quantitative estimate of drug-likeness (QED) is 0.560. The fourth-order valence-electron chi connectivity index (χ4n) is 1.07. The molecule has 1 aromatic heterocycles. The molecule has 0 unspecified atom stereocenters. The summed E-state index contributed by atoms with van der Waals surface area (Å²) >= 11 is 0. The molecule has 0 fully saturated rings. The van der Waals surface area contributed by atoms with Crippen LogP contribution in [0.2, 0.25) is 0 Å². The van der Waals surface area contributed by atoms with Crippen LogP contribution in [0.15, 0.2) is 24.4 Å². The topological polar surface area (TPSA) is 17.8 Å². The van der Waals surface area contributed by atoms with Crippen molar-refractivity contribution in [2.45, 2.75) is 0 Å². The predicted molar refractivity (Wildman–Crippen MR) is 40.7 cm³/mol. The van der Waals surface area contributed by atoms with E-state index in [2.05, 4.69) is 5.10 Å². The Bertz CT molecular complexity index is 436. The summed E-state index contributed by atoms with van der Waals surface area (Å²) in [5.74, 6) is -0.432. The molecule has 1 heterocycles. The van der Waals surface area contributed by atoms with E-state index in [0.717, 1.165) is 6.07 Å². The molecule has 0 saturated carbocycles. The lowest BCUT2D eigenvalue weighted by molar-refractivity contribution is 0.632. The third-order valence-electron chi connectivity index (χ3n) is 1.53. The Morgan fingerprint density at radius 3 is 3.27 bits per heavy atom. The van der Waals surface area contributed by atoms with Crippen LogP contribution in [-0.2, 0) is 7.05 Å². The van der Waals surface area contributed by atoms with Gasteiger partial charge in [-0.3, -0.25) is 4.68 Å². The number of aromatic nitrogens is 2. The molecule has 0 aliphatic rings. The Morgan fingerprint density at radius 2 is 2.45 bits per heavy atom. The van der Waals surface area contributed by atoms with E-state index in [0.29, 0.717) is 10.9 Å². The van der Waals surface area contributed by atoms with Gasteiger partial charge in [-0.15, -0.1) is 0 Å². The Morgan fingerprint density at radius 1 is 1.64 bits per heavy atom. The van der Waals surface area contributed by atoms with Crippen LogP contribution in [0.5, 0.6) is 0 Å². The minimum absolute atomic E-state index is 0.174. The first-order valence-corrected chi connectivity index (χ1v) is 3.26. The van der Waals surface area contributed by atoms with E-state index in [1.54, 1.807) is 19.3 Å². The lowest BCUT2D eigenvalue weighted by atomic mass is 10.2. The number of benzene rings is 1. The van der Waals surface area contributed by atoms with Gasteiger partial charge in [0.25, 0.3) is 0 Å². The van der Waals surface area contributed by atoms with Crippen molar-refractivity contribution in [3.05, 3.63) is 30.2 Å². The van der Waals surface area contributed by atoms with Gasteiger partial charge >= 0.3 is 0 Å². The molecule has 1 aromatic carbocycles. The average Bonchev–Trinajstić information content (AvgIpc) is 2.29. The highest BCUT2D eigenvalue weighted by Crippen LogP contribution is 2.14. The molecule has 3 heteroatoms. The zero-order chi connectivity index (χ0) is 8.72. The van der Waals surface area contributed by atoms with Gasteiger partial charge in [0.05, 0.1) is 1.37 Å². The third kappa shape index (κ3) is 0.888. The Balaban J connectivity index is 2.88. The molecular formula is C8H7FN2. The van der Waals surface area contributed by atoms with Crippen LogP contribution in [-0.4, -0.2) is 9.78 Å². The molecule has 0 radical (unpaired) electrons. The molecule has 56 valence electrons. The largest absolute Gasteiger partial charge is 0.274 e. The lowest BCUT2D eigenvalue weighted by Gasteiger charge is -1.86. The molecular weight excluding hydrogens is 143 g/mol. The first kappa shape index (κ1) is 5.29. The number of rotatable bonds is 0. The molecule has 11 heavy (non-hydrogen) atoms. The maximum atomic E-state index is 13.1. The summed E-state index contributed by atoms with van der Waals surface area (Å²) in [4.78, 5) is 0. The number of hydrogen-bond donors (Lipinski definition) is 0. The van der Waals surface area contributed by atoms with Crippen molar-refractivity contribution in [2.75, 3.05) is 0 Å². The fraction of sp³-hybridized carbons (Fsp3) is 0.125. The molecule has 0 N–H and O–H groups in total. The van der Waals surface area contributed by atoms with E-state index >= 15 is 0 Å². The number of aryl methyl sites for hydroxylation is 1. The maximum Gasteiger partial charge on any atom is 0.151 e. The van der Waals surface area contributed by atoms with Crippen molar-refractivity contribution in [3.63, 3.8) is 0 Å². The maximum absolute atomic E-state index is 13.1. The SMILES string of the molecule is [2H]c1cc(F)c2nn(C)cc2c1. The van der Waals surface area contributed by atoms with Crippen LogP contribution < -0.4 is 0 Å². The van der Waals surface area contributed by atoms with Crippen molar-refractivity contribution in [3.8, 4) is 0 Å². The molecule has 2 rings (SSSR count). The summed E-state index contributed by atoms with van der Waals surface area (Å²) in [7, 11) is 1.73. The van der Waals surface area contributed by atoms with Crippen LogP contribution in [0.25, 0.3) is 10.9 Å². The van der Waals surface area contributed by atoms with Crippen LogP contribution in [0.4, 0.5) is 4.39 Å². The van der Waals surface area contributed by atoms with Gasteiger partial charge in [0.2, 0.25) is 0 Å². The van der Waals surface area contributed by atoms with E-state index in [9.17, 15) is 4.39 Å². The summed E-state index contributed by atoms with van der Waals surface area (Å²) in [5, 5.41) is 4.58. The Kier molecular flexibility index (Phi) is 0.987. The zero-order valence-corrected chi connectivity index (χ0v) is 6.00. The van der Waals surface area contributed by atoms with Gasteiger partial charge in [0.1, 0.15) is 5.52 Å². The van der Waals surface area contributed by atoms with Crippen LogP contribution in [0, 0.1) is 5.82 Å². The summed E-state index contributed by atoms with van der Waals surface area (Å²) < 4.78 is 21.8. The second-order valence-corrected chi connectivity index (χ2v) is 2.41. The van der Waals surface area contributed by atoms with Crippen molar-refractivity contribution < 1.29 is 5.76 Å². The van der Waals surface area contributed by atoms with Crippen LogP contribution >= 0.6 is 0 Å². The monoisotopic (exact) mass is 151 g/mol. The third-order valence-corrected chi connectivity index (χ3v) is 1.53. The molecule has 0 aliphatic carbocycles. The van der Waals surface area contributed by atoms with Crippen molar-refractivity contribution in [1.29, 1.82) is 0 Å². The summed E-state index contributed by atoms with van der Waals surface area (Å²) in [5.41, 5.74) is 0.327. The van der Waals surface area contributed by atoms with E-state index in [-0.39, 0.29) is 6.04 Å². The minimum Gasteiger partial charge on any atom is -0.274 e. The second kappa shape index (κ2) is 2.05. The van der Waals surface area contributed by atoms with E-state index < -0.39 is 5.82 Å². The lowest BCUT2D eigenvalue weighted by Crippen LogP contribution is -1.85. The summed E-state index contributed by atoms with van der Waals surface area (Å²) in [6.45, 7) is 0. The normalized spacial score (nSPS) is 12.0. The highest BCUT2D eigenvalue weighted by atomic mass is 19.1. The number of fused-ring (bicyclic) bond motifs is 1. The molecule has 0 spiro atoms. The van der Waals surface area contributed by atoms with Gasteiger partial charge < -0.3 is 0 Å². The average molecular weight is 151 g/mol. The van der Waals surface area contributed by atoms with Gasteiger partial charge in [0.15, 0.2) is 5.82 Å². The van der Waals surface area contributed by atoms with Crippen LogP contribution in [0.3, 0.4) is 0 Å². The number of nitrogens with zero attached hydrogens (tertiary/aromatic N) is 2. The number of hydrogen-bond acceptors (Lipinski definition) is 1. The predicted octanol–water partition coefficient (Wildman–Crippen LogP) is 1.71. The second-order valence-electron chi connectivity index (χ2n) is 2.41. The first-order chi connectivity index (χ1) is 5.66. The molecule has 0 amide bonds. The number of halogens is 1. The molecule has 0 bridgehead atoms. The zero-order valence-electron chi connectivity index (χ0n) is 7.00. The summed E-state index contributed by atoms with van der Waals surface area (Å²) in [6, 6.07) is 2.92. The van der Waals surface area contributed by atoms with Crippen molar-refractivity contribution in [1.82, 2.24) is 9.78 Å². The Labute approximate surface area is 64.7 Å². The van der Waals surface area contributed by atoms with Crippen molar-refractivity contribution in [2.24, 2.45) is 7.05 Å². The minimum atomic E-state index is -0.432. The van der Waals surface area contributed by atoms with Gasteiger partial charge in [-0.2, -0.15) is 5.10 Å². The van der Waals surface area contributed by atoms with E-state index in [1.807, 2.05) is 0 Å². The van der Waals surface area contributed by atoms with E-state index in [1.165, 1.54) is 4.68 Å². The highest BCUT2D eigenvalue weighted by Gasteiger charge is 2.01. The van der Waals surface area contributed by atoms with Gasteiger partial charge in [-0.1, -0.05) is 12.1 Å². The van der Waals surface area contributed by atoms with Crippen molar-refractivity contribution >= 4 is 10.9 Å². The molecule has 2 nitrogen and oxygen atoms in total. The Hall–Kier alpha value is -1.38. The first-order valence-electron chi connectivity index (χ1n) is 3.76. The van der Waals surface area contributed by atoms with E-state index in [4.69, 9.17) is 1.37 Å². The fourth-order valence-corrected chi connectivity index (χ4v) is 1.07. The van der Waals surface area contributed by atoms with Crippen LogP contribution in [0.1, 0.15) is 1.37 Å².